The minimum atomic E-state index is 0.627. The van der Waals surface area contributed by atoms with Crippen LogP contribution in [0.3, 0.4) is 0 Å². The van der Waals surface area contributed by atoms with E-state index < -0.39 is 0 Å². The molecule has 1 aromatic heterocycles. The lowest BCUT2D eigenvalue weighted by atomic mass is 9.81. The van der Waals surface area contributed by atoms with Gasteiger partial charge in [-0.1, -0.05) is 127 Å². The molecule has 0 fully saturated rings. The number of aromatic nitrogens is 2. The standard InChI is InChI=1S/C45H32N2/c1-2-14-30(15-3-1)45-46-41-23-10-11-24-42(41)47(45)44-37-20-8-6-18-34(37)43(35-19-7-9-21-38(35)44)36-22-12-16-31-27-32-26-25-29-13-4-5-17-33(29)39(32)28-40(31)36/h1-3,5-12,14-24,26-29H,4,13,25H2. The van der Waals surface area contributed by atoms with Crippen LogP contribution in [0.15, 0.2) is 146 Å². The normalized spacial score (nSPS) is 15.7. The van der Waals surface area contributed by atoms with Crippen LogP contribution in [0.2, 0.25) is 0 Å². The Kier molecular flexibility index (Phi) is 5.86. The lowest BCUT2D eigenvalue weighted by molar-refractivity contribution is 0.619. The molecular weight excluding hydrogens is 569 g/mol. The summed E-state index contributed by atoms with van der Waals surface area (Å²) >= 11 is 0. The number of benzene rings is 7. The van der Waals surface area contributed by atoms with Crippen LogP contribution in [0.4, 0.5) is 0 Å². The second-order valence-corrected chi connectivity index (χ2v) is 13.0. The summed E-state index contributed by atoms with van der Waals surface area (Å²) in [5.41, 5.74) is 8.45. The third kappa shape index (κ3) is 4.01. The van der Waals surface area contributed by atoms with E-state index in [0.717, 1.165) is 28.8 Å². The molecule has 0 saturated heterocycles. The first-order chi connectivity index (χ1) is 23.3. The van der Waals surface area contributed by atoms with Gasteiger partial charge in [-0.25, -0.2) is 4.98 Å². The fraction of sp³-hybridized carbons (Fsp3) is 0.0889. The zero-order chi connectivity index (χ0) is 30.9. The Morgan fingerprint density at radius 2 is 1.36 bits per heavy atom. The maximum Gasteiger partial charge on any atom is 0.145 e. The van der Waals surface area contributed by atoms with E-state index in [2.05, 4.69) is 156 Å². The minimum Gasteiger partial charge on any atom is -0.291 e. The van der Waals surface area contributed by atoms with Crippen LogP contribution >= 0.6 is 0 Å². The highest BCUT2D eigenvalue weighted by molar-refractivity contribution is 6.21. The molecule has 2 nitrogen and oxygen atoms in total. The largest absolute Gasteiger partial charge is 0.291 e. The summed E-state index contributed by atoms with van der Waals surface area (Å²) in [4.78, 5) is 5.22. The second-order valence-electron chi connectivity index (χ2n) is 13.0. The van der Waals surface area contributed by atoms with Crippen molar-refractivity contribution in [3.63, 3.8) is 0 Å². The zero-order valence-electron chi connectivity index (χ0n) is 26.0. The molecule has 8 aromatic rings. The van der Waals surface area contributed by atoms with E-state index in [1.54, 1.807) is 0 Å². The van der Waals surface area contributed by atoms with Crippen molar-refractivity contribution in [2.75, 3.05) is 0 Å². The molecular formula is C45H32N2. The van der Waals surface area contributed by atoms with E-state index in [-0.39, 0.29) is 0 Å². The number of para-hydroxylation sites is 2. The average molecular weight is 601 g/mol. The zero-order valence-corrected chi connectivity index (χ0v) is 26.0. The van der Waals surface area contributed by atoms with Crippen molar-refractivity contribution in [1.29, 1.82) is 0 Å². The third-order valence-corrected chi connectivity index (χ3v) is 10.4. The third-order valence-electron chi connectivity index (χ3n) is 10.4. The maximum atomic E-state index is 5.22. The smallest absolute Gasteiger partial charge is 0.145 e. The van der Waals surface area contributed by atoms with Crippen LogP contribution in [0, 0.1) is 5.92 Å². The first-order valence-electron chi connectivity index (χ1n) is 16.7. The SMILES string of the molecule is C1=CC2=c3cc4c(-c5c6ccccc6c(-n6c(-c7ccccc7)nc7ccccc76)c6ccccc56)cccc4cc3=CCC2CC1. The van der Waals surface area contributed by atoms with Crippen LogP contribution in [0.1, 0.15) is 19.3 Å². The summed E-state index contributed by atoms with van der Waals surface area (Å²) in [5.74, 6) is 1.58. The van der Waals surface area contributed by atoms with Crippen molar-refractivity contribution in [1.82, 2.24) is 9.55 Å². The van der Waals surface area contributed by atoms with E-state index >= 15 is 0 Å². The first-order valence-corrected chi connectivity index (χ1v) is 16.7. The molecule has 2 aliphatic rings. The Bertz CT molecular complexity index is 2650. The lowest BCUT2D eigenvalue weighted by Gasteiger charge is -2.24. The Balaban J connectivity index is 1.35. The van der Waals surface area contributed by atoms with Gasteiger partial charge in [0.2, 0.25) is 0 Å². The van der Waals surface area contributed by atoms with E-state index in [9.17, 15) is 0 Å². The highest BCUT2D eigenvalue weighted by Gasteiger charge is 2.23. The molecule has 47 heavy (non-hydrogen) atoms. The van der Waals surface area contributed by atoms with Gasteiger partial charge in [0.05, 0.1) is 16.7 Å². The van der Waals surface area contributed by atoms with Gasteiger partial charge in [0.25, 0.3) is 0 Å². The molecule has 0 radical (unpaired) electrons. The van der Waals surface area contributed by atoms with Gasteiger partial charge in [0.1, 0.15) is 5.82 Å². The number of hydrogen-bond donors (Lipinski definition) is 0. The topological polar surface area (TPSA) is 17.8 Å². The molecule has 0 amide bonds. The van der Waals surface area contributed by atoms with Gasteiger partial charge in [-0.05, 0) is 98.1 Å². The van der Waals surface area contributed by atoms with Crippen molar-refractivity contribution < 1.29 is 0 Å². The predicted molar refractivity (Wildman–Crippen MR) is 198 cm³/mol. The number of hydrogen-bond acceptors (Lipinski definition) is 1. The summed E-state index contributed by atoms with van der Waals surface area (Å²) in [6.07, 6.45) is 10.8. The lowest BCUT2D eigenvalue weighted by Crippen LogP contribution is -2.33. The van der Waals surface area contributed by atoms with Gasteiger partial charge in [-0.2, -0.15) is 0 Å². The van der Waals surface area contributed by atoms with E-state index in [1.807, 2.05) is 0 Å². The van der Waals surface area contributed by atoms with Crippen molar-refractivity contribution >= 4 is 55.0 Å². The van der Waals surface area contributed by atoms with Crippen LogP contribution in [0.25, 0.3) is 83.2 Å². The van der Waals surface area contributed by atoms with E-state index in [4.69, 9.17) is 4.98 Å². The molecule has 0 saturated carbocycles. The van der Waals surface area contributed by atoms with E-state index in [0.29, 0.717) is 5.92 Å². The molecule has 2 aliphatic carbocycles. The van der Waals surface area contributed by atoms with Crippen LogP contribution in [-0.4, -0.2) is 9.55 Å². The second kappa shape index (κ2) is 10.4. The number of nitrogens with zero attached hydrogens (tertiary/aromatic N) is 2. The van der Waals surface area contributed by atoms with Gasteiger partial charge in [-0.3, -0.25) is 4.57 Å². The molecule has 0 N–H and O–H groups in total. The Labute approximate surface area is 273 Å². The van der Waals surface area contributed by atoms with Gasteiger partial charge in [0.15, 0.2) is 0 Å². The quantitative estimate of drug-likeness (QED) is 0.185. The molecule has 0 spiro atoms. The van der Waals surface area contributed by atoms with Crippen LogP contribution in [-0.2, 0) is 0 Å². The maximum absolute atomic E-state index is 5.22. The molecule has 222 valence electrons. The summed E-state index contributed by atoms with van der Waals surface area (Å²) in [6, 6.07) is 48.8. The molecule has 7 aromatic carbocycles. The monoisotopic (exact) mass is 600 g/mol. The van der Waals surface area contributed by atoms with Crippen molar-refractivity contribution in [2.45, 2.75) is 19.3 Å². The minimum absolute atomic E-state index is 0.627. The number of imidazole rings is 1. The molecule has 1 unspecified atom stereocenters. The van der Waals surface area contributed by atoms with Crippen LogP contribution < -0.4 is 10.4 Å². The number of allylic oxidation sites excluding steroid dienone is 2. The summed E-state index contributed by atoms with van der Waals surface area (Å²) < 4.78 is 2.39. The molecule has 1 heterocycles. The Hall–Kier alpha value is -5.73. The van der Waals surface area contributed by atoms with Crippen molar-refractivity contribution in [3.8, 4) is 28.2 Å². The summed E-state index contributed by atoms with van der Waals surface area (Å²) in [7, 11) is 0. The molecule has 1 atom stereocenters. The number of rotatable bonds is 3. The Morgan fingerprint density at radius 1 is 0.638 bits per heavy atom. The van der Waals surface area contributed by atoms with Crippen molar-refractivity contribution in [2.24, 2.45) is 5.92 Å². The highest BCUT2D eigenvalue weighted by atomic mass is 15.1. The fourth-order valence-corrected chi connectivity index (χ4v) is 8.27. The van der Waals surface area contributed by atoms with Crippen LogP contribution in [0.5, 0.6) is 0 Å². The first kappa shape index (κ1) is 26.5. The molecule has 0 bridgehead atoms. The van der Waals surface area contributed by atoms with Gasteiger partial charge in [-0.15, -0.1) is 0 Å². The van der Waals surface area contributed by atoms with Crippen molar-refractivity contribution in [3.05, 3.63) is 156 Å². The number of fused-ring (bicyclic) bond motifs is 6. The summed E-state index contributed by atoms with van der Waals surface area (Å²) in [5, 5.41) is 10.3. The Morgan fingerprint density at radius 3 is 2.17 bits per heavy atom. The summed E-state index contributed by atoms with van der Waals surface area (Å²) in [6.45, 7) is 0. The van der Waals surface area contributed by atoms with E-state index in [1.165, 1.54) is 78.0 Å². The average Bonchev–Trinajstić information content (AvgIpc) is 3.52. The van der Waals surface area contributed by atoms with Gasteiger partial charge < -0.3 is 0 Å². The highest BCUT2D eigenvalue weighted by Crippen LogP contribution is 2.45. The van der Waals surface area contributed by atoms with Gasteiger partial charge in [0, 0.05) is 16.3 Å². The predicted octanol–water partition coefficient (Wildman–Crippen LogP) is 10.1. The fourth-order valence-electron chi connectivity index (χ4n) is 8.27. The molecule has 0 aliphatic heterocycles. The molecule has 10 rings (SSSR count). The van der Waals surface area contributed by atoms with Gasteiger partial charge >= 0.3 is 0 Å². The molecule has 2 heteroatoms.